The average Bonchev–Trinajstić information content (AvgIpc) is 2.42. The maximum Gasteiger partial charge on any atom is 0.129 e. The molecule has 19 heavy (non-hydrogen) atoms. The lowest BCUT2D eigenvalue weighted by Gasteiger charge is -2.18. The molecule has 0 saturated heterocycles. The van der Waals surface area contributed by atoms with Crippen LogP contribution in [0.3, 0.4) is 0 Å². The van der Waals surface area contributed by atoms with E-state index in [-0.39, 0.29) is 6.04 Å². The Kier molecular flexibility index (Phi) is 5.23. The summed E-state index contributed by atoms with van der Waals surface area (Å²) >= 11 is 9.47. The number of hydrogen-bond donors (Lipinski definition) is 1. The molecule has 1 heterocycles. The van der Waals surface area contributed by atoms with E-state index in [1.807, 2.05) is 31.2 Å². The Labute approximate surface area is 127 Å². The number of pyridine rings is 1. The number of alkyl halides is 1. The molecule has 0 radical (unpaired) electrons. The van der Waals surface area contributed by atoms with E-state index in [2.05, 4.69) is 38.4 Å². The van der Waals surface area contributed by atoms with E-state index >= 15 is 0 Å². The van der Waals surface area contributed by atoms with Gasteiger partial charge in [0.15, 0.2) is 0 Å². The molecule has 0 aliphatic carbocycles. The number of rotatable bonds is 5. The van der Waals surface area contributed by atoms with E-state index in [0.717, 1.165) is 22.3 Å². The van der Waals surface area contributed by atoms with Crippen LogP contribution >= 0.6 is 27.5 Å². The van der Waals surface area contributed by atoms with Crippen molar-refractivity contribution in [2.75, 3.05) is 11.2 Å². The molecule has 1 N–H and O–H groups in total. The van der Waals surface area contributed by atoms with Crippen LogP contribution in [0.5, 0.6) is 0 Å². The van der Waals surface area contributed by atoms with Crippen molar-refractivity contribution in [1.29, 1.82) is 0 Å². The molecule has 2 aromatic rings. The van der Waals surface area contributed by atoms with Gasteiger partial charge in [0, 0.05) is 22.6 Å². The van der Waals surface area contributed by atoms with Crippen LogP contribution in [0, 0.1) is 6.92 Å². The van der Waals surface area contributed by atoms with E-state index in [9.17, 15) is 0 Å². The summed E-state index contributed by atoms with van der Waals surface area (Å²) in [6.45, 7) is 2.04. The molecule has 0 amide bonds. The summed E-state index contributed by atoms with van der Waals surface area (Å²) in [5.74, 6) is 1.44. The standard InChI is InChI=1S/C15H16BrClN2/c1-11-7-13(16)10-18-15(11)19-14(9-17)8-12-5-3-2-4-6-12/h2-7,10,14H,8-9H2,1H3,(H,18,19). The smallest absolute Gasteiger partial charge is 0.129 e. The molecule has 100 valence electrons. The molecule has 0 bridgehead atoms. The molecule has 0 aliphatic heterocycles. The normalized spacial score (nSPS) is 12.2. The summed E-state index contributed by atoms with van der Waals surface area (Å²) in [6, 6.07) is 12.6. The maximum atomic E-state index is 6.05. The van der Waals surface area contributed by atoms with Crippen LogP contribution in [0.2, 0.25) is 0 Å². The molecular weight excluding hydrogens is 324 g/mol. The van der Waals surface area contributed by atoms with Gasteiger partial charge in [-0.15, -0.1) is 11.6 Å². The van der Waals surface area contributed by atoms with Crippen molar-refractivity contribution < 1.29 is 0 Å². The maximum absolute atomic E-state index is 6.05. The average molecular weight is 340 g/mol. The van der Waals surface area contributed by atoms with Gasteiger partial charge in [0.05, 0.1) is 0 Å². The zero-order valence-electron chi connectivity index (χ0n) is 10.7. The summed E-state index contributed by atoms with van der Waals surface area (Å²) in [5.41, 5.74) is 2.38. The quantitative estimate of drug-likeness (QED) is 0.816. The molecule has 1 aromatic heterocycles. The van der Waals surface area contributed by atoms with Gasteiger partial charge in [0.1, 0.15) is 5.82 Å². The molecular formula is C15H16BrClN2. The molecule has 2 rings (SSSR count). The van der Waals surface area contributed by atoms with Crippen molar-refractivity contribution in [1.82, 2.24) is 4.98 Å². The summed E-state index contributed by atoms with van der Waals surface area (Å²) < 4.78 is 0.987. The Balaban J connectivity index is 2.06. The highest BCUT2D eigenvalue weighted by Crippen LogP contribution is 2.18. The molecule has 1 unspecified atom stereocenters. The van der Waals surface area contributed by atoms with Gasteiger partial charge in [-0.2, -0.15) is 0 Å². The van der Waals surface area contributed by atoms with Crippen molar-refractivity contribution in [3.8, 4) is 0 Å². The fraction of sp³-hybridized carbons (Fsp3) is 0.267. The molecule has 4 heteroatoms. The minimum absolute atomic E-state index is 0.177. The Bertz CT molecular complexity index is 531. The zero-order chi connectivity index (χ0) is 13.7. The first-order valence-corrected chi connectivity index (χ1v) is 7.50. The number of hydrogen-bond acceptors (Lipinski definition) is 2. The number of halogens is 2. The predicted molar refractivity (Wildman–Crippen MR) is 85.0 cm³/mol. The molecule has 0 fully saturated rings. The first-order chi connectivity index (χ1) is 9.19. The van der Waals surface area contributed by atoms with Gasteiger partial charge in [-0.05, 0) is 46.5 Å². The van der Waals surface area contributed by atoms with E-state index in [4.69, 9.17) is 11.6 Å². The third kappa shape index (κ3) is 4.22. The molecule has 0 aliphatic rings. The van der Waals surface area contributed by atoms with Crippen LogP contribution in [0.1, 0.15) is 11.1 Å². The van der Waals surface area contributed by atoms with Gasteiger partial charge in [0.25, 0.3) is 0 Å². The van der Waals surface area contributed by atoms with Gasteiger partial charge >= 0.3 is 0 Å². The van der Waals surface area contributed by atoms with E-state index < -0.39 is 0 Å². The molecule has 1 atom stereocenters. The highest BCUT2D eigenvalue weighted by molar-refractivity contribution is 9.10. The summed E-state index contributed by atoms with van der Waals surface area (Å²) in [6.07, 6.45) is 2.69. The van der Waals surface area contributed by atoms with Crippen LogP contribution in [0.25, 0.3) is 0 Å². The highest BCUT2D eigenvalue weighted by atomic mass is 79.9. The second-order valence-electron chi connectivity index (χ2n) is 4.50. The van der Waals surface area contributed by atoms with Crippen molar-refractivity contribution in [3.63, 3.8) is 0 Å². The lowest BCUT2D eigenvalue weighted by Crippen LogP contribution is -2.25. The monoisotopic (exact) mass is 338 g/mol. The van der Waals surface area contributed by atoms with Crippen LogP contribution < -0.4 is 5.32 Å². The fourth-order valence-corrected chi connectivity index (χ4v) is 2.56. The largest absolute Gasteiger partial charge is 0.366 e. The molecule has 1 aromatic carbocycles. The van der Waals surface area contributed by atoms with E-state index in [0.29, 0.717) is 5.88 Å². The van der Waals surface area contributed by atoms with Crippen molar-refractivity contribution in [3.05, 3.63) is 58.2 Å². The third-order valence-corrected chi connectivity index (χ3v) is 3.70. The number of nitrogens with zero attached hydrogens (tertiary/aromatic N) is 1. The fourth-order valence-electron chi connectivity index (χ4n) is 1.93. The molecule has 2 nitrogen and oxygen atoms in total. The lowest BCUT2D eigenvalue weighted by atomic mass is 10.1. The number of aryl methyl sites for hydroxylation is 1. The first-order valence-electron chi connectivity index (χ1n) is 6.17. The van der Waals surface area contributed by atoms with E-state index in [1.165, 1.54) is 5.56 Å². The lowest BCUT2D eigenvalue weighted by molar-refractivity contribution is 0.789. The van der Waals surface area contributed by atoms with E-state index in [1.54, 1.807) is 6.20 Å². The van der Waals surface area contributed by atoms with Gasteiger partial charge in [0.2, 0.25) is 0 Å². The van der Waals surface area contributed by atoms with Crippen LogP contribution in [-0.2, 0) is 6.42 Å². The number of anilines is 1. The SMILES string of the molecule is Cc1cc(Br)cnc1NC(CCl)Cc1ccccc1. The Hall–Kier alpha value is -1.06. The van der Waals surface area contributed by atoms with Gasteiger partial charge in [-0.3, -0.25) is 0 Å². The number of nitrogens with one attached hydrogen (secondary N) is 1. The van der Waals surface area contributed by atoms with Crippen molar-refractivity contribution >= 4 is 33.3 Å². The number of benzene rings is 1. The van der Waals surface area contributed by atoms with Crippen LogP contribution in [0.15, 0.2) is 47.1 Å². The third-order valence-electron chi connectivity index (χ3n) is 2.90. The zero-order valence-corrected chi connectivity index (χ0v) is 13.1. The molecule has 0 saturated carbocycles. The van der Waals surface area contributed by atoms with Gasteiger partial charge < -0.3 is 5.32 Å². The van der Waals surface area contributed by atoms with Crippen LogP contribution in [-0.4, -0.2) is 16.9 Å². The van der Waals surface area contributed by atoms with Gasteiger partial charge in [-0.25, -0.2) is 4.98 Å². The van der Waals surface area contributed by atoms with Crippen molar-refractivity contribution in [2.24, 2.45) is 0 Å². The summed E-state index contributed by atoms with van der Waals surface area (Å²) in [7, 11) is 0. The summed E-state index contributed by atoms with van der Waals surface area (Å²) in [4.78, 5) is 4.39. The number of aromatic nitrogens is 1. The molecule has 0 spiro atoms. The highest BCUT2D eigenvalue weighted by Gasteiger charge is 2.10. The summed E-state index contributed by atoms with van der Waals surface area (Å²) in [5, 5.41) is 3.41. The topological polar surface area (TPSA) is 24.9 Å². The minimum Gasteiger partial charge on any atom is -0.366 e. The predicted octanol–water partition coefficient (Wildman–Crippen LogP) is 4.41. The van der Waals surface area contributed by atoms with Crippen LogP contribution in [0.4, 0.5) is 5.82 Å². The van der Waals surface area contributed by atoms with Gasteiger partial charge in [-0.1, -0.05) is 30.3 Å². The Morgan fingerprint density at radius 3 is 2.68 bits per heavy atom. The van der Waals surface area contributed by atoms with Crippen molar-refractivity contribution in [2.45, 2.75) is 19.4 Å². The Morgan fingerprint density at radius 2 is 2.05 bits per heavy atom. The minimum atomic E-state index is 0.177. The first kappa shape index (κ1) is 14.4. The second-order valence-corrected chi connectivity index (χ2v) is 5.73. The second kappa shape index (κ2) is 6.92. The Morgan fingerprint density at radius 1 is 1.32 bits per heavy atom.